The summed E-state index contributed by atoms with van der Waals surface area (Å²) >= 11 is 0. The zero-order valence-electron chi connectivity index (χ0n) is 9.40. The van der Waals surface area contributed by atoms with Crippen molar-refractivity contribution in [3.63, 3.8) is 0 Å². The van der Waals surface area contributed by atoms with Gasteiger partial charge in [-0.1, -0.05) is 13.8 Å². The van der Waals surface area contributed by atoms with E-state index in [9.17, 15) is 0 Å². The number of rotatable bonds is 4. The predicted molar refractivity (Wildman–Crippen MR) is 62.3 cm³/mol. The predicted octanol–water partition coefficient (Wildman–Crippen LogP) is 1.97. The number of hydrogen-bond acceptors (Lipinski definition) is 3. The van der Waals surface area contributed by atoms with Gasteiger partial charge in [0.25, 0.3) is 0 Å². The van der Waals surface area contributed by atoms with Crippen molar-refractivity contribution < 1.29 is 0 Å². The largest absolute Gasteiger partial charge is 0.398 e. The molecule has 1 aromatic rings. The molecule has 1 aliphatic carbocycles. The first kappa shape index (κ1) is 10.4. The number of nitrogens with two attached hydrogens (primary N) is 1. The van der Waals surface area contributed by atoms with Gasteiger partial charge in [0, 0.05) is 29.7 Å². The lowest BCUT2D eigenvalue weighted by molar-refractivity contribution is 0.476. The highest BCUT2D eigenvalue weighted by Gasteiger charge is 2.40. The van der Waals surface area contributed by atoms with Gasteiger partial charge in [-0.05, 0) is 30.9 Å². The second-order valence-electron chi connectivity index (χ2n) is 4.42. The third kappa shape index (κ3) is 2.12. The average Bonchev–Trinajstić information content (AvgIpc) is 2.93. The van der Waals surface area contributed by atoms with Gasteiger partial charge < -0.3 is 11.1 Å². The standard InChI is InChI=1S/C12H19N3/c1-3-15-12(9-6-8(9)2)10-7-14-5-4-11(10)13/h4-5,7-9,12,15H,3,6H2,1-2H3,(H2,13,14). The molecule has 2 rings (SSSR count). The lowest BCUT2D eigenvalue weighted by Crippen LogP contribution is -2.24. The third-order valence-electron chi connectivity index (χ3n) is 3.25. The molecule has 1 aliphatic rings. The Labute approximate surface area is 91.1 Å². The van der Waals surface area contributed by atoms with E-state index in [2.05, 4.69) is 24.1 Å². The van der Waals surface area contributed by atoms with Crippen LogP contribution in [0.4, 0.5) is 5.69 Å². The van der Waals surface area contributed by atoms with E-state index in [0.717, 1.165) is 29.6 Å². The second kappa shape index (κ2) is 4.19. The van der Waals surface area contributed by atoms with Crippen LogP contribution in [0.5, 0.6) is 0 Å². The Balaban J connectivity index is 2.21. The van der Waals surface area contributed by atoms with Crippen molar-refractivity contribution in [3.8, 4) is 0 Å². The maximum Gasteiger partial charge on any atom is 0.0393 e. The molecular formula is C12H19N3. The molecule has 1 saturated carbocycles. The highest BCUT2D eigenvalue weighted by atomic mass is 14.9. The Bertz CT molecular complexity index is 337. The summed E-state index contributed by atoms with van der Waals surface area (Å²) in [5, 5.41) is 3.51. The molecular weight excluding hydrogens is 186 g/mol. The van der Waals surface area contributed by atoms with Crippen LogP contribution in [0, 0.1) is 11.8 Å². The number of aromatic nitrogens is 1. The fraction of sp³-hybridized carbons (Fsp3) is 0.583. The normalized spacial score (nSPS) is 26.3. The fourth-order valence-corrected chi connectivity index (χ4v) is 2.20. The summed E-state index contributed by atoms with van der Waals surface area (Å²) in [4.78, 5) is 4.16. The molecule has 0 aliphatic heterocycles. The number of nitrogens with zero attached hydrogens (tertiary/aromatic N) is 1. The number of nitrogen functional groups attached to an aromatic ring is 1. The van der Waals surface area contributed by atoms with Gasteiger partial charge in [-0.15, -0.1) is 0 Å². The monoisotopic (exact) mass is 205 g/mol. The van der Waals surface area contributed by atoms with E-state index < -0.39 is 0 Å². The SMILES string of the molecule is CCNC(c1cnccc1N)C1CC1C. The summed E-state index contributed by atoms with van der Waals surface area (Å²) in [7, 11) is 0. The fourth-order valence-electron chi connectivity index (χ4n) is 2.20. The summed E-state index contributed by atoms with van der Waals surface area (Å²) in [5.41, 5.74) is 8.00. The van der Waals surface area contributed by atoms with Crippen LogP contribution in [0.2, 0.25) is 0 Å². The molecule has 1 heterocycles. The Morgan fingerprint density at radius 3 is 2.93 bits per heavy atom. The maximum absolute atomic E-state index is 5.98. The summed E-state index contributed by atoms with van der Waals surface area (Å²) in [6, 6.07) is 2.27. The van der Waals surface area contributed by atoms with Crippen LogP contribution in [0.15, 0.2) is 18.5 Å². The maximum atomic E-state index is 5.98. The van der Waals surface area contributed by atoms with Crippen LogP contribution >= 0.6 is 0 Å². The van der Waals surface area contributed by atoms with Gasteiger partial charge in [-0.25, -0.2) is 0 Å². The highest BCUT2D eigenvalue weighted by Crippen LogP contribution is 2.47. The van der Waals surface area contributed by atoms with Crippen LogP contribution < -0.4 is 11.1 Å². The first-order valence-corrected chi connectivity index (χ1v) is 5.66. The van der Waals surface area contributed by atoms with Crippen LogP contribution in [-0.2, 0) is 0 Å². The first-order valence-electron chi connectivity index (χ1n) is 5.66. The lowest BCUT2D eigenvalue weighted by atomic mass is 10.0. The number of nitrogens with one attached hydrogen (secondary N) is 1. The molecule has 0 spiro atoms. The molecule has 0 saturated heterocycles. The Hall–Kier alpha value is -1.09. The lowest BCUT2D eigenvalue weighted by Gasteiger charge is -2.19. The van der Waals surface area contributed by atoms with Crippen molar-refractivity contribution in [1.82, 2.24) is 10.3 Å². The average molecular weight is 205 g/mol. The summed E-state index contributed by atoms with van der Waals surface area (Å²) in [5.74, 6) is 1.55. The van der Waals surface area contributed by atoms with Crippen molar-refractivity contribution in [2.45, 2.75) is 26.3 Å². The van der Waals surface area contributed by atoms with Gasteiger partial charge in [0.05, 0.1) is 0 Å². The van der Waals surface area contributed by atoms with E-state index >= 15 is 0 Å². The van der Waals surface area contributed by atoms with Gasteiger partial charge in [-0.3, -0.25) is 4.98 Å². The minimum absolute atomic E-state index is 0.388. The quantitative estimate of drug-likeness (QED) is 0.790. The van der Waals surface area contributed by atoms with Crippen molar-refractivity contribution in [1.29, 1.82) is 0 Å². The smallest absolute Gasteiger partial charge is 0.0393 e. The van der Waals surface area contributed by atoms with Gasteiger partial charge in [0.15, 0.2) is 0 Å². The summed E-state index contributed by atoms with van der Waals surface area (Å²) in [6.45, 7) is 5.40. The Morgan fingerprint density at radius 2 is 2.40 bits per heavy atom. The van der Waals surface area contributed by atoms with E-state index in [0.29, 0.717) is 6.04 Å². The minimum Gasteiger partial charge on any atom is -0.398 e. The molecule has 3 atom stereocenters. The molecule has 1 fully saturated rings. The van der Waals surface area contributed by atoms with Gasteiger partial charge in [0.2, 0.25) is 0 Å². The van der Waals surface area contributed by atoms with E-state index in [-0.39, 0.29) is 0 Å². The molecule has 0 bridgehead atoms. The zero-order valence-corrected chi connectivity index (χ0v) is 9.40. The molecule has 3 unspecified atom stereocenters. The van der Waals surface area contributed by atoms with Crippen LogP contribution in [0.3, 0.4) is 0 Å². The van der Waals surface area contributed by atoms with Crippen molar-refractivity contribution in [2.75, 3.05) is 12.3 Å². The molecule has 82 valence electrons. The van der Waals surface area contributed by atoms with E-state index in [4.69, 9.17) is 5.73 Å². The van der Waals surface area contributed by atoms with Gasteiger partial charge in [-0.2, -0.15) is 0 Å². The topological polar surface area (TPSA) is 50.9 Å². The number of hydrogen-bond donors (Lipinski definition) is 2. The van der Waals surface area contributed by atoms with E-state index in [1.54, 1.807) is 6.20 Å². The van der Waals surface area contributed by atoms with Crippen LogP contribution in [0.1, 0.15) is 31.9 Å². The molecule has 15 heavy (non-hydrogen) atoms. The first-order chi connectivity index (χ1) is 7.24. The summed E-state index contributed by atoms with van der Waals surface area (Å²) in [6.07, 6.45) is 4.94. The van der Waals surface area contributed by atoms with Crippen LogP contribution in [-0.4, -0.2) is 11.5 Å². The minimum atomic E-state index is 0.388. The third-order valence-corrected chi connectivity index (χ3v) is 3.25. The van der Waals surface area contributed by atoms with Gasteiger partial charge >= 0.3 is 0 Å². The van der Waals surface area contributed by atoms with Crippen LogP contribution in [0.25, 0.3) is 0 Å². The Kier molecular flexibility index (Phi) is 2.91. The van der Waals surface area contributed by atoms with Crippen molar-refractivity contribution in [3.05, 3.63) is 24.0 Å². The van der Waals surface area contributed by atoms with E-state index in [1.165, 1.54) is 6.42 Å². The second-order valence-corrected chi connectivity index (χ2v) is 4.42. The summed E-state index contributed by atoms with van der Waals surface area (Å²) < 4.78 is 0. The number of pyridine rings is 1. The zero-order chi connectivity index (χ0) is 10.8. The number of anilines is 1. The molecule has 3 heteroatoms. The highest BCUT2D eigenvalue weighted by molar-refractivity contribution is 5.46. The van der Waals surface area contributed by atoms with Crippen molar-refractivity contribution in [2.24, 2.45) is 11.8 Å². The van der Waals surface area contributed by atoms with Crippen molar-refractivity contribution >= 4 is 5.69 Å². The molecule has 0 radical (unpaired) electrons. The van der Waals surface area contributed by atoms with E-state index in [1.807, 2.05) is 12.3 Å². The molecule has 3 nitrogen and oxygen atoms in total. The molecule has 1 aromatic heterocycles. The molecule has 0 amide bonds. The van der Waals surface area contributed by atoms with Gasteiger partial charge in [0.1, 0.15) is 0 Å². The Morgan fingerprint density at radius 1 is 1.67 bits per heavy atom. The molecule has 3 N–H and O–H groups in total. The molecule has 0 aromatic carbocycles.